The molecular weight excluding hydrogens is 256 g/mol. The third-order valence-electron chi connectivity index (χ3n) is 4.36. The molecule has 110 valence electrons. The van der Waals surface area contributed by atoms with E-state index in [1.54, 1.807) is 0 Å². The van der Waals surface area contributed by atoms with Gasteiger partial charge >= 0.3 is 0 Å². The highest BCUT2D eigenvalue weighted by Gasteiger charge is 2.19. The predicted octanol–water partition coefficient (Wildman–Crippen LogP) is 3.54. The minimum atomic E-state index is 0.528. The topological polar surface area (TPSA) is 15.3 Å². The van der Waals surface area contributed by atoms with E-state index in [9.17, 15) is 0 Å². The van der Waals surface area contributed by atoms with Crippen LogP contribution >= 0.6 is 0 Å². The van der Waals surface area contributed by atoms with Gasteiger partial charge < -0.3 is 10.2 Å². The van der Waals surface area contributed by atoms with E-state index in [2.05, 4.69) is 72.6 Å². The van der Waals surface area contributed by atoms with Crippen molar-refractivity contribution >= 4 is 5.69 Å². The maximum Gasteiger partial charge on any atom is 0.0369 e. The van der Waals surface area contributed by atoms with Gasteiger partial charge in [0.05, 0.1) is 0 Å². The first kappa shape index (κ1) is 14.2. The summed E-state index contributed by atoms with van der Waals surface area (Å²) in [6, 6.07) is 18.1. The fourth-order valence-corrected chi connectivity index (χ4v) is 3.16. The van der Waals surface area contributed by atoms with Crippen LogP contribution in [-0.2, 0) is 13.0 Å². The summed E-state index contributed by atoms with van der Waals surface area (Å²) in [5.41, 5.74) is 5.61. The number of nitrogens with zero attached hydrogens (tertiary/aromatic N) is 1. The number of fused-ring (bicyclic) bond motifs is 1. The van der Waals surface area contributed by atoms with E-state index in [4.69, 9.17) is 0 Å². The van der Waals surface area contributed by atoms with Crippen LogP contribution in [0.5, 0.6) is 0 Å². The zero-order chi connectivity index (χ0) is 14.7. The summed E-state index contributed by atoms with van der Waals surface area (Å²) >= 11 is 0. The third kappa shape index (κ3) is 3.27. The number of aryl methyl sites for hydroxylation is 1. The Morgan fingerprint density at radius 3 is 2.67 bits per heavy atom. The Morgan fingerprint density at radius 1 is 1.10 bits per heavy atom. The number of anilines is 1. The monoisotopic (exact) mass is 280 g/mol. The van der Waals surface area contributed by atoms with Crippen LogP contribution in [0.2, 0.25) is 0 Å². The summed E-state index contributed by atoms with van der Waals surface area (Å²) in [7, 11) is 0. The summed E-state index contributed by atoms with van der Waals surface area (Å²) in [4.78, 5) is 2.47. The molecule has 0 aromatic heterocycles. The Kier molecular flexibility index (Phi) is 4.26. The number of rotatable bonds is 4. The zero-order valence-electron chi connectivity index (χ0n) is 13.0. The highest BCUT2D eigenvalue weighted by molar-refractivity contribution is 5.48. The fourth-order valence-electron chi connectivity index (χ4n) is 3.16. The van der Waals surface area contributed by atoms with Crippen molar-refractivity contribution in [1.29, 1.82) is 0 Å². The van der Waals surface area contributed by atoms with E-state index in [-0.39, 0.29) is 0 Å². The first-order valence-corrected chi connectivity index (χ1v) is 7.88. The van der Waals surface area contributed by atoms with Gasteiger partial charge in [0.1, 0.15) is 0 Å². The molecule has 0 radical (unpaired) electrons. The Morgan fingerprint density at radius 2 is 1.90 bits per heavy atom. The van der Waals surface area contributed by atoms with Crippen molar-refractivity contribution in [3.05, 3.63) is 65.2 Å². The van der Waals surface area contributed by atoms with Gasteiger partial charge in [-0.2, -0.15) is 0 Å². The first-order chi connectivity index (χ1) is 10.3. The molecule has 1 N–H and O–H groups in total. The molecular formula is C19H24N2. The van der Waals surface area contributed by atoms with E-state index >= 15 is 0 Å². The van der Waals surface area contributed by atoms with Crippen molar-refractivity contribution in [1.82, 2.24) is 5.32 Å². The number of benzene rings is 2. The van der Waals surface area contributed by atoms with Crippen molar-refractivity contribution in [2.45, 2.75) is 32.9 Å². The highest BCUT2D eigenvalue weighted by Crippen LogP contribution is 2.20. The van der Waals surface area contributed by atoms with Crippen LogP contribution in [0.25, 0.3) is 0 Å². The van der Waals surface area contributed by atoms with E-state index in [0.717, 1.165) is 26.1 Å². The van der Waals surface area contributed by atoms with Gasteiger partial charge in [-0.3, -0.25) is 0 Å². The molecule has 1 heterocycles. The molecule has 2 heteroatoms. The molecule has 0 saturated carbocycles. The zero-order valence-corrected chi connectivity index (χ0v) is 13.0. The summed E-state index contributed by atoms with van der Waals surface area (Å²) in [5.74, 6) is 0. The molecule has 0 bridgehead atoms. The SMILES string of the molecule is CCN(CC1Cc2ccccc2CN1)c1cccc(C)c1. The number of hydrogen-bond donors (Lipinski definition) is 1. The lowest BCUT2D eigenvalue weighted by molar-refractivity contribution is 0.474. The maximum absolute atomic E-state index is 3.68. The van der Waals surface area contributed by atoms with Crippen LogP contribution in [-0.4, -0.2) is 19.1 Å². The molecule has 1 aliphatic rings. The minimum absolute atomic E-state index is 0.528. The lowest BCUT2D eigenvalue weighted by Crippen LogP contribution is -2.44. The maximum atomic E-state index is 3.68. The van der Waals surface area contributed by atoms with Gasteiger partial charge in [0, 0.05) is 31.4 Å². The van der Waals surface area contributed by atoms with Crippen molar-refractivity contribution in [3.63, 3.8) is 0 Å². The average Bonchev–Trinajstić information content (AvgIpc) is 2.52. The molecule has 3 rings (SSSR count). The summed E-state index contributed by atoms with van der Waals surface area (Å²) < 4.78 is 0. The molecule has 1 atom stereocenters. The van der Waals surface area contributed by atoms with Gasteiger partial charge in [-0.1, -0.05) is 36.4 Å². The standard InChI is InChI=1S/C19H24N2/c1-3-21(19-10-6-7-15(2)11-19)14-18-12-16-8-4-5-9-17(16)13-20-18/h4-11,18,20H,3,12-14H2,1-2H3. The minimum Gasteiger partial charge on any atom is -0.370 e. The molecule has 0 amide bonds. The molecule has 2 aromatic rings. The first-order valence-electron chi connectivity index (χ1n) is 7.88. The normalized spacial score (nSPS) is 17.3. The van der Waals surface area contributed by atoms with Crippen molar-refractivity contribution < 1.29 is 0 Å². The Labute approximate surface area is 127 Å². The molecule has 0 spiro atoms. The van der Waals surface area contributed by atoms with Gasteiger partial charge in [0.15, 0.2) is 0 Å². The second-order valence-electron chi connectivity index (χ2n) is 5.93. The van der Waals surface area contributed by atoms with E-state index in [0.29, 0.717) is 6.04 Å². The summed E-state index contributed by atoms with van der Waals surface area (Å²) in [6.45, 7) is 7.50. The lowest BCUT2D eigenvalue weighted by Gasteiger charge is -2.32. The molecule has 2 nitrogen and oxygen atoms in total. The second kappa shape index (κ2) is 6.31. The number of likely N-dealkylation sites (N-methyl/N-ethyl adjacent to an activating group) is 1. The van der Waals surface area contributed by atoms with Gasteiger partial charge in [0.2, 0.25) is 0 Å². The number of nitrogens with one attached hydrogen (secondary N) is 1. The summed E-state index contributed by atoms with van der Waals surface area (Å²) in [5, 5.41) is 3.68. The fraction of sp³-hybridized carbons (Fsp3) is 0.368. The van der Waals surface area contributed by atoms with E-state index < -0.39 is 0 Å². The quantitative estimate of drug-likeness (QED) is 0.921. The average molecular weight is 280 g/mol. The van der Waals surface area contributed by atoms with Crippen molar-refractivity contribution in [2.24, 2.45) is 0 Å². The summed E-state index contributed by atoms with van der Waals surface area (Å²) in [6.07, 6.45) is 1.12. The van der Waals surface area contributed by atoms with Crippen molar-refractivity contribution in [3.8, 4) is 0 Å². The van der Waals surface area contributed by atoms with Crippen LogP contribution in [0.1, 0.15) is 23.6 Å². The highest BCUT2D eigenvalue weighted by atomic mass is 15.2. The molecule has 21 heavy (non-hydrogen) atoms. The van der Waals surface area contributed by atoms with Crippen LogP contribution in [0.3, 0.4) is 0 Å². The van der Waals surface area contributed by atoms with Gasteiger partial charge in [-0.25, -0.2) is 0 Å². The smallest absolute Gasteiger partial charge is 0.0369 e. The van der Waals surface area contributed by atoms with E-state index in [1.165, 1.54) is 22.4 Å². The third-order valence-corrected chi connectivity index (χ3v) is 4.36. The molecule has 0 fully saturated rings. The Balaban J connectivity index is 1.71. The second-order valence-corrected chi connectivity index (χ2v) is 5.93. The van der Waals surface area contributed by atoms with Crippen molar-refractivity contribution in [2.75, 3.05) is 18.0 Å². The molecule has 2 aromatic carbocycles. The predicted molar refractivity (Wildman–Crippen MR) is 89.8 cm³/mol. The van der Waals surface area contributed by atoms with Crippen LogP contribution in [0.15, 0.2) is 48.5 Å². The number of hydrogen-bond acceptors (Lipinski definition) is 2. The molecule has 1 unspecified atom stereocenters. The molecule has 0 aliphatic carbocycles. The largest absolute Gasteiger partial charge is 0.370 e. The van der Waals surface area contributed by atoms with Gasteiger partial charge in [-0.05, 0) is 49.1 Å². The van der Waals surface area contributed by atoms with Crippen LogP contribution in [0, 0.1) is 6.92 Å². The lowest BCUT2D eigenvalue weighted by atomic mass is 9.95. The van der Waals surface area contributed by atoms with E-state index in [1.807, 2.05) is 0 Å². The molecule has 0 saturated heterocycles. The molecule has 1 aliphatic heterocycles. The van der Waals surface area contributed by atoms with Crippen LogP contribution < -0.4 is 10.2 Å². The Hall–Kier alpha value is -1.80. The van der Waals surface area contributed by atoms with Crippen LogP contribution in [0.4, 0.5) is 5.69 Å². The van der Waals surface area contributed by atoms with Gasteiger partial charge in [0.25, 0.3) is 0 Å². The van der Waals surface area contributed by atoms with Gasteiger partial charge in [-0.15, -0.1) is 0 Å². The Bertz CT molecular complexity index is 606.